The van der Waals surface area contributed by atoms with Crippen LogP contribution in [-0.4, -0.2) is 74.8 Å². The SMILES string of the molecule is CC(C)CN1CCOCCOc2ccc(C(=O)NCCN3CCCC3)cc2Cc2cccc(c2)C1. The highest BCUT2D eigenvalue weighted by Gasteiger charge is 2.15. The van der Waals surface area contributed by atoms with Gasteiger partial charge in [0.05, 0.1) is 13.2 Å². The van der Waals surface area contributed by atoms with Crippen LogP contribution in [0.5, 0.6) is 5.75 Å². The lowest BCUT2D eigenvalue weighted by Gasteiger charge is -2.25. The third-order valence-corrected chi connectivity index (χ3v) is 6.69. The highest BCUT2D eigenvalue weighted by molar-refractivity contribution is 5.94. The van der Waals surface area contributed by atoms with Gasteiger partial charge in [-0.2, -0.15) is 0 Å². The van der Waals surface area contributed by atoms with Crippen LogP contribution >= 0.6 is 0 Å². The maximum absolute atomic E-state index is 12.9. The van der Waals surface area contributed by atoms with Crippen molar-refractivity contribution in [2.75, 3.05) is 59.1 Å². The molecule has 6 nitrogen and oxygen atoms in total. The first-order valence-corrected chi connectivity index (χ1v) is 13.2. The highest BCUT2D eigenvalue weighted by atomic mass is 16.5. The Morgan fingerprint density at radius 3 is 2.63 bits per heavy atom. The van der Waals surface area contributed by atoms with Crippen LogP contribution in [0.3, 0.4) is 0 Å². The number of rotatable bonds is 6. The number of hydrogen-bond acceptors (Lipinski definition) is 5. The van der Waals surface area contributed by atoms with Crippen LogP contribution in [-0.2, 0) is 17.7 Å². The van der Waals surface area contributed by atoms with Gasteiger partial charge in [-0.15, -0.1) is 0 Å². The van der Waals surface area contributed by atoms with E-state index in [1.54, 1.807) is 0 Å². The van der Waals surface area contributed by atoms with Crippen molar-refractivity contribution in [3.63, 3.8) is 0 Å². The Hall–Kier alpha value is -2.41. The Bertz CT molecular complexity index is 956. The molecule has 0 spiro atoms. The standard InChI is InChI=1S/C29H41N3O3/c1-23(2)21-32-14-15-34-16-17-35-28-9-8-26(29(33)30-10-13-31-11-3-4-12-31)20-27(28)19-24-6-5-7-25(18-24)22-32/h5-9,18,20,23H,3-4,10-17,19,21-22H2,1-2H3,(H,30,33). The van der Waals surface area contributed by atoms with Gasteiger partial charge < -0.3 is 19.7 Å². The first kappa shape index (κ1) is 25.7. The van der Waals surface area contributed by atoms with E-state index in [4.69, 9.17) is 9.47 Å². The highest BCUT2D eigenvalue weighted by Crippen LogP contribution is 2.25. The molecule has 0 saturated carbocycles. The molecular weight excluding hydrogens is 438 g/mol. The van der Waals surface area contributed by atoms with Gasteiger partial charge in [0, 0.05) is 44.7 Å². The lowest BCUT2D eigenvalue weighted by molar-refractivity contribution is 0.0746. The zero-order valence-corrected chi connectivity index (χ0v) is 21.4. The van der Waals surface area contributed by atoms with Crippen molar-refractivity contribution in [1.29, 1.82) is 0 Å². The molecule has 2 aliphatic heterocycles. The lowest BCUT2D eigenvalue weighted by Crippen LogP contribution is -2.33. The molecule has 4 rings (SSSR count). The zero-order valence-electron chi connectivity index (χ0n) is 21.4. The summed E-state index contributed by atoms with van der Waals surface area (Å²) in [6.07, 6.45) is 3.25. The minimum Gasteiger partial charge on any atom is -0.491 e. The minimum atomic E-state index is -0.0205. The molecule has 2 aliphatic rings. The Kier molecular flexibility index (Phi) is 9.57. The fraction of sp³-hybridized carbons (Fsp3) is 0.552. The fourth-order valence-electron chi connectivity index (χ4n) is 5.01. The van der Waals surface area contributed by atoms with Crippen LogP contribution in [0.1, 0.15) is 53.7 Å². The molecule has 0 aromatic heterocycles. The second kappa shape index (κ2) is 13.1. The molecule has 0 aliphatic carbocycles. The second-order valence-electron chi connectivity index (χ2n) is 10.2. The topological polar surface area (TPSA) is 54.0 Å². The summed E-state index contributed by atoms with van der Waals surface area (Å²) in [6, 6.07) is 14.6. The Balaban J connectivity index is 1.49. The van der Waals surface area contributed by atoms with Gasteiger partial charge in [-0.25, -0.2) is 0 Å². The van der Waals surface area contributed by atoms with Crippen LogP contribution in [0.15, 0.2) is 42.5 Å². The van der Waals surface area contributed by atoms with Gasteiger partial charge in [0.25, 0.3) is 5.91 Å². The molecule has 35 heavy (non-hydrogen) atoms. The molecule has 190 valence electrons. The molecule has 2 aromatic rings. The van der Waals surface area contributed by atoms with Crippen molar-refractivity contribution >= 4 is 5.91 Å². The zero-order chi connectivity index (χ0) is 24.5. The van der Waals surface area contributed by atoms with Gasteiger partial charge in [-0.05, 0) is 66.7 Å². The molecule has 0 radical (unpaired) electrons. The Morgan fingerprint density at radius 2 is 1.80 bits per heavy atom. The van der Waals surface area contributed by atoms with E-state index in [0.29, 0.717) is 37.8 Å². The molecule has 1 N–H and O–H groups in total. The van der Waals surface area contributed by atoms with Crippen molar-refractivity contribution in [3.05, 3.63) is 64.7 Å². The molecule has 6 heteroatoms. The first-order chi connectivity index (χ1) is 17.1. The van der Waals surface area contributed by atoms with Crippen molar-refractivity contribution in [3.8, 4) is 5.75 Å². The second-order valence-corrected chi connectivity index (χ2v) is 10.2. The fourth-order valence-corrected chi connectivity index (χ4v) is 5.01. The van der Waals surface area contributed by atoms with E-state index in [1.165, 1.54) is 24.0 Å². The lowest BCUT2D eigenvalue weighted by atomic mass is 9.99. The number of fused-ring (bicyclic) bond motifs is 3. The number of nitrogens with zero attached hydrogens (tertiary/aromatic N) is 2. The van der Waals surface area contributed by atoms with E-state index in [9.17, 15) is 4.79 Å². The number of ether oxygens (including phenoxy) is 2. The van der Waals surface area contributed by atoms with Crippen LogP contribution in [0.2, 0.25) is 0 Å². The number of hydrogen-bond donors (Lipinski definition) is 1. The van der Waals surface area contributed by atoms with E-state index in [-0.39, 0.29) is 5.91 Å². The molecule has 2 heterocycles. The average Bonchev–Trinajstić information content (AvgIpc) is 3.35. The maximum Gasteiger partial charge on any atom is 0.251 e. The average molecular weight is 480 g/mol. The molecule has 2 bridgehead atoms. The van der Waals surface area contributed by atoms with Crippen LogP contribution in [0.4, 0.5) is 0 Å². The maximum atomic E-state index is 12.9. The number of benzene rings is 2. The molecular formula is C29H41N3O3. The summed E-state index contributed by atoms with van der Waals surface area (Å²) in [5.41, 5.74) is 4.26. The van der Waals surface area contributed by atoms with E-state index < -0.39 is 0 Å². The Morgan fingerprint density at radius 1 is 0.971 bits per heavy atom. The number of carbonyl (C=O) groups excluding carboxylic acids is 1. The smallest absolute Gasteiger partial charge is 0.251 e. The van der Waals surface area contributed by atoms with Gasteiger partial charge in [0.15, 0.2) is 0 Å². The van der Waals surface area contributed by atoms with Gasteiger partial charge in [-0.3, -0.25) is 9.69 Å². The minimum absolute atomic E-state index is 0.0205. The van der Waals surface area contributed by atoms with Crippen molar-refractivity contribution < 1.29 is 14.3 Å². The summed E-state index contributed by atoms with van der Waals surface area (Å²) in [5, 5.41) is 3.10. The Labute approximate surface area is 210 Å². The first-order valence-electron chi connectivity index (χ1n) is 13.2. The number of nitrogens with one attached hydrogen (secondary N) is 1. The van der Waals surface area contributed by atoms with Crippen LogP contribution in [0.25, 0.3) is 0 Å². The largest absolute Gasteiger partial charge is 0.491 e. The predicted molar refractivity (Wildman–Crippen MR) is 140 cm³/mol. The van der Waals surface area contributed by atoms with Crippen molar-refractivity contribution in [2.24, 2.45) is 5.92 Å². The molecule has 0 atom stereocenters. The van der Waals surface area contributed by atoms with Gasteiger partial charge in [0.1, 0.15) is 12.4 Å². The molecule has 1 fully saturated rings. The molecule has 0 unspecified atom stereocenters. The summed E-state index contributed by atoms with van der Waals surface area (Å²) in [5.74, 6) is 1.41. The van der Waals surface area contributed by atoms with Crippen molar-refractivity contribution in [2.45, 2.75) is 39.7 Å². The number of carbonyl (C=O) groups is 1. The third kappa shape index (κ3) is 8.06. The van der Waals surface area contributed by atoms with Gasteiger partial charge in [-0.1, -0.05) is 38.1 Å². The predicted octanol–water partition coefficient (Wildman–Crippen LogP) is 3.97. The van der Waals surface area contributed by atoms with E-state index in [1.807, 2.05) is 18.2 Å². The van der Waals surface area contributed by atoms with Crippen LogP contribution < -0.4 is 10.1 Å². The molecule has 1 amide bonds. The van der Waals surface area contributed by atoms with E-state index >= 15 is 0 Å². The number of amides is 1. The van der Waals surface area contributed by atoms with Gasteiger partial charge >= 0.3 is 0 Å². The summed E-state index contributed by atoms with van der Waals surface area (Å²) in [7, 11) is 0. The third-order valence-electron chi connectivity index (χ3n) is 6.69. The summed E-state index contributed by atoms with van der Waals surface area (Å²) < 4.78 is 12.0. The molecule has 1 saturated heterocycles. The van der Waals surface area contributed by atoms with E-state index in [2.05, 4.69) is 53.2 Å². The molecule has 2 aromatic carbocycles. The quantitative estimate of drug-likeness (QED) is 0.680. The summed E-state index contributed by atoms with van der Waals surface area (Å²) in [6.45, 7) is 13.0. The van der Waals surface area contributed by atoms with Gasteiger partial charge in [0.2, 0.25) is 0 Å². The van der Waals surface area contributed by atoms with E-state index in [0.717, 1.165) is 57.0 Å². The number of likely N-dealkylation sites (tertiary alicyclic amines) is 1. The van der Waals surface area contributed by atoms with Crippen LogP contribution in [0, 0.1) is 5.92 Å². The monoisotopic (exact) mass is 479 g/mol. The summed E-state index contributed by atoms with van der Waals surface area (Å²) in [4.78, 5) is 17.7. The normalized spacial score (nSPS) is 18.0. The summed E-state index contributed by atoms with van der Waals surface area (Å²) >= 11 is 0. The van der Waals surface area contributed by atoms with Crippen molar-refractivity contribution in [1.82, 2.24) is 15.1 Å².